The summed E-state index contributed by atoms with van der Waals surface area (Å²) in [5.74, 6) is 0. The summed E-state index contributed by atoms with van der Waals surface area (Å²) in [5.41, 5.74) is 7.46. The van der Waals surface area contributed by atoms with E-state index in [4.69, 9.17) is 0 Å². The van der Waals surface area contributed by atoms with Crippen LogP contribution >= 0.6 is 0 Å². The average Bonchev–Trinajstić information content (AvgIpc) is 3.23. The Morgan fingerprint density at radius 2 is 1.71 bits per heavy atom. The van der Waals surface area contributed by atoms with E-state index in [9.17, 15) is 10.2 Å². The van der Waals surface area contributed by atoms with Crippen LogP contribution in [0.3, 0.4) is 0 Å². The van der Waals surface area contributed by atoms with Crippen LogP contribution in [0.25, 0.3) is 33.3 Å². The van der Waals surface area contributed by atoms with Gasteiger partial charge in [0.15, 0.2) is 0 Å². The first-order valence-electron chi connectivity index (χ1n) is 10.9. The van der Waals surface area contributed by atoms with Gasteiger partial charge in [-0.3, -0.25) is 4.90 Å². The van der Waals surface area contributed by atoms with Crippen LogP contribution in [-0.4, -0.2) is 44.3 Å². The molecule has 1 unspecified atom stereocenters. The highest BCUT2D eigenvalue weighted by molar-refractivity contribution is 5.95. The first kappa shape index (κ1) is 19.9. The molecule has 0 amide bonds. The van der Waals surface area contributed by atoms with Gasteiger partial charge in [-0.2, -0.15) is 0 Å². The summed E-state index contributed by atoms with van der Waals surface area (Å²) >= 11 is 0. The van der Waals surface area contributed by atoms with Crippen molar-refractivity contribution >= 4 is 11.0 Å². The zero-order valence-corrected chi connectivity index (χ0v) is 17.5. The maximum atomic E-state index is 9.89. The van der Waals surface area contributed by atoms with Crippen molar-refractivity contribution in [3.8, 4) is 22.3 Å². The number of hydrogen-bond acceptors (Lipinski definition) is 4. The van der Waals surface area contributed by atoms with Crippen LogP contribution in [0.15, 0.2) is 67.0 Å². The Balaban J connectivity index is 1.39. The molecule has 3 heterocycles. The Bertz CT molecular complexity index is 1170. The number of hydrogen-bond donors (Lipinski definition) is 3. The number of nitrogens with one attached hydrogen (secondary N) is 1. The number of benzene rings is 2. The molecule has 4 aromatic rings. The molecule has 0 radical (unpaired) electrons. The van der Waals surface area contributed by atoms with E-state index in [0.29, 0.717) is 0 Å². The van der Waals surface area contributed by atoms with Crippen molar-refractivity contribution in [1.29, 1.82) is 0 Å². The van der Waals surface area contributed by atoms with Gasteiger partial charge in [0.25, 0.3) is 0 Å². The van der Waals surface area contributed by atoms with E-state index in [0.717, 1.165) is 71.3 Å². The zero-order valence-electron chi connectivity index (χ0n) is 17.5. The molecule has 0 spiro atoms. The summed E-state index contributed by atoms with van der Waals surface area (Å²) in [6.45, 7) is 2.74. The standard InChI is InChI=1S/C26H27N3O2/c30-17-19-5-9-21(10-6-19)25-14-28-26-24(25)12-22(13-27-26)20-7-3-18(4-8-20)15-29-11-1-2-23(31)16-29/h3-10,12-14,23,30-31H,1-2,11,15-17H2,(H,27,28). The highest BCUT2D eigenvalue weighted by atomic mass is 16.3. The predicted molar refractivity (Wildman–Crippen MR) is 123 cm³/mol. The number of pyridine rings is 1. The second-order valence-electron chi connectivity index (χ2n) is 8.41. The Morgan fingerprint density at radius 3 is 2.45 bits per heavy atom. The van der Waals surface area contributed by atoms with Gasteiger partial charge in [-0.1, -0.05) is 48.5 Å². The highest BCUT2D eigenvalue weighted by Gasteiger charge is 2.17. The largest absolute Gasteiger partial charge is 0.392 e. The fraction of sp³-hybridized carbons (Fsp3) is 0.269. The monoisotopic (exact) mass is 413 g/mol. The van der Waals surface area contributed by atoms with Crippen molar-refractivity contribution in [2.75, 3.05) is 13.1 Å². The number of nitrogens with zero attached hydrogens (tertiary/aromatic N) is 2. The first-order valence-corrected chi connectivity index (χ1v) is 10.9. The molecule has 2 aromatic heterocycles. The number of rotatable bonds is 5. The Kier molecular flexibility index (Phi) is 5.55. The number of fused-ring (bicyclic) bond motifs is 1. The average molecular weight is 414 g/mol. The van der Waals surface area contributed by atoms with Gasteiger partial charge in [0.05, 0.1) is 12.7 Å². The number of piperidine rings is 1. The van der Waals surface area contributed by atoms with Crippen LogP contribution in [0.2, 0.25) is 0 Å². The SMILES string of the molecule is OCc1ccc(-c2c[nH]c3ncc(-c4ccc(CN5CCCC(O)C5)cc4)cc23)cc1. The maximum absolute atomic E-state index is 9.89. The van der Waals surface area contributed by atoms with Crippen LogP contribution < -0.4 is 0 Å². The minimum atomic E-state index is -0.193. The number of aromatic nitrogens is 2. The zero-order chi connectivity index (χ0) is 21.2. The molecule has 5 nitrogen and oxygen atoms in total. The summed E-state index contributed by atoms with van der Waals surface area (Å²) in [4.78, 5) is 10.2. The number of aromatic amines is 1. The van der Waals surface area contributed by atoms with E-state index in [1.165, 1.54) is 5.56 Å². The third kappa shape index (κ3) is 4.26. The van der Waals surface area contributed by atoms with E-state index in [-0.39, 0.29) is 12.7 Å². The summed E-state index contributed by atoms with van der Waals surface area (Å²) in [6, 6.07) is 18.8. The summed E-state index contributed by atoms with van der Waals surface area (Å²) in [5, 5.41) is 20.3. The van der Waals surface area contributed by atoms with E-state index in [1.807, 2.05) is 36.7 Å². The van der Waals surface area contributed by atoms with Crippen molar-refractivity contribution < 1.29 is 10.2 Å². The lowest BCUT2D eigenvalue weighted by molar-refractivity contribution is 0.0668. The molecule has 158 valence electrons. The number of H-pyrrole nitrogens is 1. The topological polar surface area (TPSA) is 72.4 Å². The number of aliphatic hydroxyl groups excluding tert-OH is 2. The Labute approximate surface area is 182 Å². The van der Waals surface area contributed by atoms with E-state index in [1.54, 1.807) is 0 Å². The summed E-state index contributed by atoms with van der Waals surface area (Å²) in [6.07, 6.45) is 5.68. The molecule has 3 N–H and O–H groups in total. The van der Waals surface area contributed by atoms with E-state index < -0.39 is 0 Å². The lowest BCUT2D eigenvalue weighted by atomic mass is 10.0. The fourth-order valence-electron chi connectivity index (χ4n) is 4.43. The number of β-amino-alcohol motifs (C(OH)–C–C–N with tert-alkyl or cyclic N) is 1. The summed E-state index contributed by atoms with van der Waals surface area (Å²) in [7, 11) is 0. The second kappa shape index (κ2) is 8.63. The number of aliphatic hydroxyl groups is 2. The van der Waals surface area contributed by atoms with Gasteiger partial charge in [0.2, 0.25) is 0 Å². The van der Waals surface area contributed by atoms with E-state index in [2.05, 4.69) is 45.2 Å². The summed E-state index contributed by atoms with van der Waals surface area (Å²) < 4.78 is 0. The van der Waals surface area contributed by atoms with Crippen molar-refractivity contribution in [2.24, 2.45) is 0 Å². The van der Waals surface area contributed by atoms with Gasteiger partial charge in [0.1, 0.15) is 5.65 Å². The first-order chi connectivity index (χ1) is 15.2. The van der Waals surface area contributed by atoms with Crippen LogP contribution in [0.5, 0.6) is 0 Å². The van der Waals surface area contributed by atoms with E-state index >= 15 is 0 Å². The minimum Gasteiger partial charge on any atom is -0.392 e. The van der Waals surface area contributed by atoms with Crippen LogP contribution in [0, 0.1) is 0 Å². The molecule has 1 aliphatic heterocycles. The molecule has 0 saturated carbocycles. The second-order valence-corrected chi connectivity index (χ2v) is 8.41. The Hall–Kier alpha value is -2.99. The maximum Gasteiger partial charge on any atom is 0.137 e. The molecular formula is C26H27N3O2. The molecule has 1 atom stereocenters. The van der Waals surface area contributed by atoms with Gasteiger partial charge in [-0.25, -0.2) is 4.98 Å². The van der Waals surface area contributed by atoms with Crippen molar-refractivity contribution in [1.82, 2.24) is 14.9 Å². The predicted octanol–water partition coefficient (Wildman–Crippen LogP) is 4.35. The Morgan fingerprint density at radius 1 is 0.968 bits per heavy atom. The molecule has 5 rings (SSSR count). The molecule has 2 aromatic carbocycles. The molecule has 0 bridgehead atoms. The smallest absolute Gasteiger partial charge is 0.137 e. The quantitative estimate of drug-likeness (QED) is 0.455. The van der Waals surface area contributed by atoms with Crippen LogP contribution in [0.1, 0.15) is 24.0 Å². The highest BCUT2D eigenvalue weighted by Crippen LogP contribution is 2.31. The van der Waals surface area contributed by atoms with Crippen molar-refractivity contribution in [2.45, 2.75) is 32.1 Å². The van der Waals surface area contributed by atoms with Crippen LogP contribution in [0.4, 0.5) is 0 Å². The molecule has 1 aliphatic rings. The fourth-order valence-corrected chi connectivity index (χ4v) is 4.43. The molecule has 0 aliphatic carbocycles. The third-order valence-electron chi connectivity index (χ3n) is 6.15. The molecule has 1 saturated heterocycles. The number of likely N-dealkylation sites (tertiary alicyclic amines) is 1. The molecular weight excluding hydrogens is 386 g/mol. The van der Waals surface area contributed by atoms with Gasteiger partial charge in [-0.15, -0.1) is 0 Å². The van der Waals surface area contributed by atoms with Gasteiger partial charge < -0.3 is 15.2 Å². The normalized spacial score (nSPS) is 17.3. The third-order valence-corrected chi connectivity index (χ3v) is 6.15. The van der Waals surface area contributed by atoms with Gasteiger partial charge in [-0.05, 0) is 47.7 Å². The lowest BCUT2D eigenvalue weighted by Crippen LogP contribution is -2.37. The van der Waals surface area contributed by atoms with Crippen molar-refractivity contribution in [3.63, 3.8) is 0 Å². The molecule has 1 fully saturated rings. The van der Waals surface area contributed by atoms with Crippen LogP contribution in [-0.2, 0) is 13.2 Å². The van der Waals surface area contributed by atoms with Gasteiger partial charge in [0, 0.05) is 42.0 Å². The van der Waals surface area contributed by atoms with Crippen molar-refractivity contribution in [3.05, 3.63) is 78.1 Å². The lowest BCUT2D eigenvalue weighted by Gasteiger charge is -2.29. The molecule has 31 heavy (non-hydrogen) atoms. The molecule has 5 heteroatoms. The van der Waals surface area contributed by atoms with Gasteiger partial charge >= 0.3 is 0 Å². The minimum absolute atomic E-state index is 0.0498.